The first kappa shape index (κ1) is 16.2. The number of nitriles is 1. The minimum atomic E-state index is -0.626. The van der Waals surface area contributed by atoms with Gasteiger partial charge in [-0.1, -0.05) is 50.2 Å². The molecule has 1 aliphatic heterocycles. The van der Waals surface area contributed by atoms with Crippen molar-refractivity contribution in [1.29, 1.82) is 5.26 Å². The zero-order chi connectivity index (χ0) is 17.5. The molecule has 0 aromatic heterocycles. The van der Waals surface area contributed by atoms with E-state index in [2.05, 4.69) is 6.07 Å². The summed E-state index contributed by atoms with van der Waals surface area (Å²) in [6.07, 6.45) is 0. The fourth-order valence-corrected chi connectivity index (χ4v) is 3.46. The molecule has 1 heterocycles. The van der Waals surface area contributed by atoms with Crippen molar-refractivity contribution in [3.8, 4) is 6.07 Å². The quantitative estimate of drug-likeness (QED) is 0.852. The molecule has 2 aromatic carbocycles. The van der Waals surface area contributed by atoms with Crippen LogP contribution in [0.4, 0.5) is 4.39 Å². The molecule has 1 unspecified atom stereocenters. The first-order chi connectivity index (χ1) is 11.4. The number of fused-ring (bicyclic) bond motifs is 1. The van der Waals surface area contributed by atoms with E-state index in [1.165, 1.54) is 6.07 Å². The van der Waals surface area contributed by atoms with Crippen LogP contribution in [0.15, 0.2) is 42.5 Å². The monoisotopic (exact) mass is 322 g/mol. The molecule has 1 aliphatic rings. The van der Waals surface area contributed by atoms with Gasteiger partial charge in [0.05, 0.1) is 6.07 Å². The summed E-state index contributed by atoms with van der Waals surface area (Å²) in [7, 11) is 0. The Morgan fingerprint density at radius 1 is 1.21 bits per heavy atom. The molecule has 0 saturated carbocycles. The van der Waals surface area contributed by atoms with Crippen LogP contribution in [0.2, 0.25) is 0 Å². The van der Waals surface area contributed by atoms with Crippen LogP contribution < -0.4 is 0 Å². The van der Waals surface area contributed by atoms with Crippen LogP contribution in [0.25, 0.3) is 0 Å². The van der Waals surface area contributed by atoms with Crippen molar-refractivity contribution >= 4 is 5.91 Å². The largest absolute Gasteiger partial charge is 0.318 e. The average molecular weight is 322 g/mol. The third-order valence-electron chi connectivity index (χ3n) is 4.68. The molecule has 2 aromatic rings. The number of amides is 1. The average Bonchev–Trinajstić information content (AvgIpc) is 2.80. The van der Waals surface area contributed by atoms with Crippen LogP contribution in [0.1, 0.15) is 46.9 Å². The topological polar surface area (TPSA) is 44.1 Å². The van der Waals surface area contributed by atoms with Crippen LogP contribution in [0.5, 0.6) is 0 Å². The van der Waals surface area contributed by atoms with E-state index in [1.54, 1.807) is 23.1 Å². The SMILES string of the molecule is Cc1cccc2c1C(=O)N(CC(C)(C)c1ccccc1F)C2C#N. The van der Waals surface area contributed by atoms with E-state index < -0.39 is 11.5 Å². The van der Waals surface area contributed by atoms with Gasteiger partial charge in [0.2, 0.25) is 0 Å². The Labute approximate surface area is 141 Å². The molecule has 0 spiro atoms. The number of carbonyl (C=O) groups excluding carboxylic acids is 1. The van der Waals surface area contributed by atoms with E-state index in [-0.39, 0.29) is 18.3 Å². The summed E-state index contributed by atoms with van der Waals surface area (Å²) in [6, 6.07) is 13.7. The number of hydrogen-bond donors (Lipinski definition) is 0. The van der Waals surface area contributed by atoms with Crippen molar-refractivity contribution in [3.63, 3.8) is 0 Å². The molecular weight excluding hydrogens is 303 g/mol. The molecule has 0 fully saturated rings. The zero-order valence-electron chi connectivity index (χ0n) is 14.0. The Hall–Kier alpha value is -2.67. The van der Waals surface area contributed by atoms with Gasteiger partial charge in [-0.3, -0.25) is 4.79 Å². The van der Waals surface area contributed by atoms with Crippen molar-refractivity contribution in [2.45, 2.75) is 32.2 Å². The minimum absolute atomic E-state index is 0.154. The van der Waals surface area contributed by atoms with Gasteiger partial charge in [0.1, 0.15) is 11.9 Å². The van der Waals surface area contributed by atoms with Gasteiger partial charge in [-0.05, 0) is 24.1 Å². The molecule has 24 heavy (non-hydrogen) atoms. The van der Waals surface area contributed by atoms with Crippen molar-refractivity contribution < 1.29 is 9.18 Å². The molecule has 0 aliphatic carbocycles. The summed E-state index contributed by atoms with van der Waals surface area (Å²) < 4.78 is 14.2. The van der Waals surface area contributed by atoms with E-state index in [9.17, 15) is 14.4 Å². The molecule has 3 rings (SSSR count). The second kappa shape index (κ2) is 5.76. The van der Waals surface area contributed by atoms with Gasteiger partial charge in [-0.25, -0.2) is 4.39 Å². The highest BCUT2D eigenvalue weighted by Crippen LogP contribution is 2.38. The zero-order valence-corrected chi connectivity index (χ0v) is 14.0. The highest BCUT2D eigenvalue weighted by atomic mass is 19.1. The van der Waals surface area contributed by atoms with Crippen molar-refractivity contribution in [2.24, 2.45) is 0 Å². The summed E-state index contributed by atoms with van der Waals surface area (Å²) >= 11 is 0. The Balaban J connectivity index is 1.99. The van der Waals surface area contributed by atoms with Crippen LogP contribution in [0.3, 0.4) is 0 Å². The number of hydrogen-bond acceptors (Lipinski definition) is 2. The number of rotatable bonds is 3. The lowest BCUT2D eigenvalue weighted by atomic mass is 9.83. The van der Waals surface area contributed by atoms with E-state index in [0.717, 1.165) is 11.1 Å². The van der Waals surface area contributed by atoms with Crippen LogP contribution >= 0.6 is 0 Å². The molecule has 0 radical (unpaired) electrons. The molecule has 122 valence electrons. The highest BCUT2D eigenvalue weighted by Gasteiger charge is 2.41. The lowest BCUT2D eigenvalue weighted by Gasteiger charge is -2.32. The fourth-order valence-electron chi connectivity index (χ4n) is 3.46. The number of nitrogens with zero attached hydrogens (tertiary/aromatic N) is 2. The fraction of sp³-hybridized carbons (Fsp3) is 0.300. The number of halogens is 1. The summed E-state index contributed by atoms with van der Waals surface area (Å²) in [5, 5.41) is 9.60. The van der Waals surface area contributed by atoms with E-state index >= 15 is 0 Å². The van der Waals surface area contributed by atoms with Crippen LogP contribution in [-0.2, 0) is 5.41 Å². The van der Waals surface area contributed by atoms with Gasteiger partial charge in [0.25, 0.3) is 5.91 Å². The maximum Gasteiger partial charge on any atom is 0.255 e. The summed E-state index contributed by atoms with van der Waals surface area (Å²) in [4.78, 5) is 14.4. The van der Waals surface area contributed by atoms with Crippen molar-refractivity contribution in [3.05, 3.63) is 70.5 Å². The van der Waals surface area contributed by atoms with E-state index in [4.69, 9.17) is 0 Å². The summed E-state index contributed by atoms with van der Waals surface area (Å²) in [5.74, 6) is -0.449. The van der Waals surface area contributed by atoms with Gasteiger partial charge in [0, 0.05) is 23.1 Å². The van der Waals surface area contributed by atoms with Crippen molar-refractivity contribution in [1.82, 2.24) is 4.90 Å². The van der Waals surface area contributed by atoms with Gasteiger partial charge in [-0.2, -0.15) is 5.26 Å². The predicted molar refractivity (Wildman–Crippen MR) is 90.0 cm³/mol. The molecule has 1 amide bonds. The Kier molecular flexibility index (Phi) is 3.88. The smallest absolute Gasteiger partial charge is 0.255 e. The Morgan fingerprint density at radius 2 is 1.92 bits per heavy atom. The first-order valence-corrected chi connectivity index (χ1v) is 7.92. The minimum Gasteiger partial charge on any atom is -0.318 e. The molecule has 0 N–H and O–H groups in total. The van der Waals surface area contributed by atoms with E-state index in [0.29, 0.717) is 11.1 Å². The Morgan fingerprint density at radius 3 is 2.58 bits per heavy atom. The molecule has 0 saturated heterocycles. The molecule has 0 bridgehead atoms. The molecule has 4 heteroatoms. The number of benzene rings is 2. The second-order valence-electron chi connectivity index (χ2n) is 6.87. The molecular formula is C20H19FN2O. The molecule has 1 atom stereocenters. The van der Waals surface area contributed by atoms with Crippen molar-refractivity contribution in [2.75, 3.05) is 6.54 Å². The third-order valence-corrected chi connectivity index (χ3v) is 4.68. The molecule has 3 nitrogen and oxygen atoms in total. The van der Waals surface area contributed by atoms with Gasteiger partial charge >= 0.3 is 0 Å². The summed E-state index contributed by atoms with van der Waals surface area (Å²) in [5.41, 5.74) is 2.15. The van der Waals surface area contributed by atoms with Crippen LogP contribution in [0, 0.1) is 24.1 Å². The van der Waals surface area contributed by atoms with Gasteiger partial charge in [0.15, 0.2) is 0 Å². The van der Waals surface area contributed by atoms with E-state index in [1.807, 2.05) is 39.0 Å². The normalized spacial score (nSPS) is 16.9. The maximum absolute atomic E-state index is 14.2. The van der Waals surface area contributed by atoms with Gasteiger partial charge in [-0.15, -0.1) is 0 Å². The van der Waals surface area contributed by atoms with Gasteiger partial charge < -0.3 is 4.90 Å². The first-order valence-electron chi connectivity index (χ1n) is 7.92. The predicted octanol–water partition coefficient (Wildman–Crippen LogP) is 4.13. The lowest BCUT2D eigenvalue weighted by Crippen LogP contribution is -2.39. The maximum atomic E-state index is 14.2. The number of aryl methyl sites for hydroxylation is 1. The van der Waals surface area contributed by atoms with Crippen LogP contribution in [-0.4, -0.2) is 17.4 Å². The summed E-state index contributed by atoms with van der Waals surface area (Å²) in [6.45, 7) is 5.93. The highest BCUT2D eigenvalue weighted by molar-refractivity contribution is 6.01. The lowest BCUT2D eigenvalue weighted by molar-refractivity contribution is 0.0720. The Bertz CT molecular complexity index is 851. The standard InChI is InChI=1S/C20H19FN2O/c1-13-7-6-8-14-17(11-22)23(19(24)18(13)14)12-20(2,3)15-9-4-5-10-16(15)21/h4-10,17H,12H2,1-3H3. The second-order valence-corrected chi connectivity index (χ2v) is 6.87. The number of carbonyl (C=O) groups is 1. The third kappa shape index (κ3) is 2.46.